The topological polar surface area (TPSA) is 72.5 Å². The van der Waals surface area contributed by atoms with E-state index in [1.54, 1.807) is 7.11 Å². The molecular weight excluding hydrogens is 354 g/mol. The molecule has 0 amide bonds. The summed E-state index contributed by atoms with van der Waals surface area (Å²) in [6.45, 7) is 4.00. The van der Waals surface area contributed by atoms with Crippen LogP contribution >= 0.6 is 27.3 Å². The minimum Gasteiger partial charge on any atom is -0.497 e. The van der Waals surface area contributed by atoms with E-state index in [4.69, 9.17) is 10.5 Å². The number of carboxylic acid groups (broad SMARTS) is 1. The maximum absolute atomic E-state index is 11.3. The minimum absolute atomic E-state index is 0.127. The van der Waals surface area contributed by atoms with Gasteiger partial charge in [-0.15, -0.1) is 11.3 Å². The van der Waals surface area contributed by atoms with Crippen molar-refractivity contribution in [1.29, 1.82) is 0 Å². The van der Waals surface area contributed by atoms with Gasteiger partial charge in [-0.05, 0) is 29.7 Å². The van der Waals surface area contributed by atoms with E-state index in [0.29, 0.717) is 11.4 Å². The first-order valence-electron chi connectivity index (χ1n) is 6.36. The molecule has 0 aliphatic heterocycles. The van der Waals surface area contributed by atoms with E-state index < -0.39 is 5.97 Å². The van der Waals surface area contributed by atoms with Crippen LogP contribution in [-0.2, 0) is 0 Å². The number of anilines is 1. The number of nitrogens with two attached hydrogens (primary N) is 1. The van der Waals surface area contributed by atoms with Gasteiger partial charge in [0.1, 0.15) is 10.6 Å². The van der Waals surface area contributed by atoms with Gasteiger partial charge in [-0.1, -0.05) is 29.8 Å². The molecule has 21 heavy (non-hydrogen) atoms. The third kappa shape index (κ3) is 2.91. The van der Waals surface area contributed by atoms with Gasteiger partial charge >= 0.3 is 5.97 Å². The molecule has 0 saturated carbocycles. The molecule has 2 aromatic rings. The second-order valence-electron chi connectivity index (χ2n) is 4.89. The van der Waals surface area contributed by atoms with Gasteiger partial charge in [0.25, 0.3) is 0 Å². The summed E-state index contributed by atoms with van der Waals surface area (Å²) in [6.07, 6.45) is 0. The molecule has 0 radical (unpaired) electrons. The highest BCUT2D eigenvalue weighted by Crippen LogP contribution is 2.45. The number of ether oxygens (including phenoxy) is 1. The zero-order chi connectivity index (χ0) is 15.7. The first-order valence-corrected chi connectivity index (χ1v) is 7.97. The molecule has 0 spiro atoms. The molecule has 0 atom stereocenters. The largest absolute Gasteiger partial charge is 0.497 e. The number of carboxylic acids is 1. The van der Waals surface area contributed by atoms with Crippen molar-refractivity contribution < 1.29 is 14.6 Å². The summed E-state index contributed by atoms with van der Waals surface area (Å²) < 4.78 is 6.13. The molecule has 2 rings (SSSR count). The van der Waals surface area contributed by atoms with E-state index in [2.05, 4.69) is 15.9 Å². The highest BCUT2D eigenvalue weighted by Gasteiger charge is 2.24. The zero-order valence-electron chi connectivity index (χ0n) is 11.9. The third-order valence-electron chi connectivity index (χ3n) is 3.17. The van der Waals surface area contributed by atoms with Crippen LogP contribution in [0.25, 0.3) is 10.4 Å². The molecule has 1 heterocycles. The van der Waals surface area contributed by atoms with Crippen molar-refractivity contribution in [1.82, 2.24) is 0 Å². The summed E-state index contributed by atoms with van der Waals surface area (Å²) in [6, 6.07) is 5.61. The number of hydrogen-bond donors (Lipinski definition) is 2. The quantitative estimate of drug-likeness (QED) is 0.826. The Hall–Kier alpha value is -1.53. The summed E-state index contributed by atoms with van der Waals surface area (Å²) in [4.78, 5) is 12.4. The molecular formula is C15H16BrNO3S. The predicted octanol–water partition coefficient (Wildman–Crippen LogP) is 4.59. The fourth-order valence-electron chi connectivity index (χ4n) is 2.19. The summed E-state index contributed by atoms with van der Waals surface area (Å²) >= 11 is 4.71. The molecule has 0 unspecified atom stereocenters. The normalized spacial score (nSPS) is 10.9. The van der Waals surface area contributed by atoms with Crippen LogP contribution in [0.5, 0.6) is 5.75 Å². The Morgan fingerprint density at radius 1 is 1.43 bits per heavy atom. The van der Waals surface area contributed by atoms with E-state index in [9.17, 15) is 9.90 Å². The fraction of sp³-hybridized carbons (Fsp3) is 0.267. The summed E-state index contributed by atoms with van der Waals surface area (Å²) in [5.74, 6) is -0.154. The Bertz CT molecular complexity index is 694. The van der Waals surface area contributed by atoms with Crippen molar-refractivity contribution in [2.24, 2.45) is 0 Å². The van der Waals surface area contributed by atoms with E-state index in [1.165, 1.54) is 11.3 Å². The van der Waals surface area contributed by atoms with Crippen LogP contribution < -0.4 is 10.5 Å². The standard InChI is InChI=1S/C15H16BrNO3S/c1-7(2)11-12(17)14(15(18)19)21-13(11)9-6-8(20-3)4-5-10(9)16/h4-7H,17H2,1-3H3,(H,18,19). The van der Waals surface area contributed by atoms with E-state index in [1.807, 2.05) is 32.0 Å². The minimum atomic E-state index is -0.996. The molecule has 0 aliphatic carbocycles. The van der Waals surface area contributed by atoms with Gasteiger partial charge in [-0.25, -0.2) is 4.79 Å². The van der Waals surface area contributed by atoms with E-state index >= 15 is 0 Å². The first-order chi connectivity index (χ1) is 9.86. The van der Waals surface area contributed by atoms with Gasteiger partial charge in [0.05, 0.1) is 12.8 Å². The highest BCUT2D eigenvalue weighted by molar-refractivity contribution is 9.10. The lowest BCUT2D eigenvalue weighted by Crippen LogP contribution is -2.00. The number of thiophene rings is 1. The van der Waals surface area contributed by atoms with E-state index in [-0.39, 0.29) is 10.8 Å². The molecule has 4 nitrogen and oxygen atoms in total. The molecule has 0 aliphatic rings. The molecule has 0 saturated heterocycles. The zero-order valence-corrected chi connectivity index (χ0v) is 14.3. The number of carbonyl (C=O) groups is 1. The lowest BCUT2D eigenvalue weighted by molar-refractivity contribution is 0.0703. The molecule has 1 aromatic heterocycles. The second kappa shape index (κ2) is 6.07. The molecule has 3 N–H and O–H groups in total. The Morgan fingerprint density at radius 2 is 2.10 bits per heavy atom. The van der Waals surface area contributed by atoms with Crippen molar-refractivity contribution in [3.8, 4) is 16.2 Å². The average Bonchev–Trinajstić information content (AvgIpc) is 2.77. The van der Waals surface area contributed by atoms with Gasteiger partial charge in [-0.3, -0.25) is 0 Å². The number of rotatable bonds is 4. The lowest BCUT2D eigenvalue weighted by atomic mass is 9.98. The van der Waals surface area contributed by atoms with E-state index in [0.717, 1.165) is 20.5 Å². The molecule has 6 heteroatoms. The van der Waals surface area contributed by atoms with Crippen LogP contribution in [0, 0.1) is 0 Å². The monoisotopic (exact) mass is 369 g/mol. The Kier molecular flexibility index (Phi) is 4.58. The third-order valence-corrected chi connectivity index (χ3v) is 5.11. The number of methoxy groups -OCH3 is 1. The Balaban J connectivity index is 2.74. The van der Waals surface area contributed by atoms with Gasteiger partial charge < -0.3 is 15.6 Å². The SMILES string of the molecule is COc1ccc(Br)c(-c2sc(C(=O)O)c(N)c2C(C)C)c1. The van der Waals surface area contributed by atoms with Gasteiger partial charge in [0, 0.05) is 14.9 Å². The smallest absolute Gasteiger partial charge is 0.348 e. The number of aromatic carboxylic acids is 1. The molecule has 0 fully saturated rings. The van der Waals surface area contributed by atoms with Crippen molar-refractivity contribution in [3.05, 3.63) is 33.1 Å². The number of benzene rings is 1. The number of hydrogen-bond acceptors (Lipinski definition) is 4. The van der Waals surface area contributed by atoms with Crippen LogP contribution in [0.15, 0.2) is 22.7 Å². The summed E-state index contributed by atoms with van der Waals surface area (Å²) in [5.41, 5.74) is 8.16. The van der Waals surface area contributed by atoms with Crippen molar-refractivity contribution in [2.45, 2.75) is 19.8 Å². The van der Waals surface area contributed by atoms with Crippen LogP contribution in [0.1, 0.15) is 35.0 Å². The second-order valence-corrected chi connectivity index (χ2v) is 6.77. The maximum atomic E-state index is 11.3. The van der Waals surface area contributed by atoms with Gasteiger partial charge in [0.2, 0.25) is 0 Å². The van der Waals surface area contributed by atoms with Crippen molar-refractivity contribution in [3.63, 3.8) is 0 Å². The van der Waals surface area contributed by atoms with Crippen LogP contribution in [0.3, 0.4) is 0 Å². The lowest BCUT2D eigenvalue weighted by Gasteiger charge is -2.11. The summed E-state index contributed by atoms with van der Waals surface area (Å²) in [5, 5.41) is 9.30. The van der Waals surface area contributed by atoms with Crippen molar-refractivity contribution in [2.75, 3.05) is 12.8 Å². The van der Waals surface area contributed by atoms with Crippen molar-refractivity contribution >= 4 is 38.9 Å². The number of nitrogen functional groups attached to an aromatic ring is 1. The van der Waals surface area contributed by atoms with Gasteiger partial charge in [-0.2, -0.15) is 0 Å². The predicted molar refractivity (Wildman–Crippen MR) is 89.5 cm³/mol. The first kappa shape index (κ1) is 15.9. The Morgan fingerprint density at radius 3 is 2.62 bits per heavy atom. The van der Waals surface area contributed by atoms with Gasteiger partial charge in [0.15, 0.2) is 0 Å². The highest BCUT2D eigenvalue weighted by atomic mass is 79.9. The maximum Gasteiger partial charge on any atom is 0.348 e. The molecule has 112 valence electrons. The van der Waals surface area contributed by atoms with Crippen LogP contribution in [-0.4, -0.2) is 18.2 Å². The Labute approximate surface area is 135 Å². The number of halogens is 1. The summed E-state index contributed by atoms with van der Waals surface area (Å²) in [7, 11) is 1.60. The fourth-order valence-corrected chi connectivity index (χ4v) is 4.02. The molecule has 0 bridgehead atoms. The van der Waals surface area contributed by atoms with Crippen LogP contribution in [0.2, 0.25) is 0 Å². The van der Waals surface area contributed by atoms with Crippen LogP contribution in [0.4, 0.5) is 5.69 Å². The molecule has 1 aromatic carbocycles. The average molecular weight is 370 g/mol.